The van der Waals surface area contributed by atoms with Gasteiger partial charge in [0.1, 0.15) is 17.7 Å². The summed E-state index contributed by atoms with van der Waals surface area (Å²) in [4.78, 5) is 0. The van der Waals surface area contributed by atoms with Gasteiger partial charge in [-0.05, 0) is 61.7 Å². The highest BCUT2D eigenvalue weighted by Gasteiger charge is 2.28. The van der Waals surface area contributed by atoms with E-state index in [1.54, 1.807) is 6.07 Å². The fraction of sp³-hybridized carbons (Fsp3) is 0.200. The number of ether oxygens (including phenoxy) is 1. The van der Waals surface area contributed by atoms with Gasteiger partial charge in [0.25, 0.3) is 0 Å². The van der Waals surface area contributed by atoms with Crippen molar-refractivity contribution in [1.82, 2.24) is 0 Å². The minimum absolute atomic E-state index is 0.288. The average molecular weight is 402 g/mol. The number of aliphatic hydroxyl groups excluding tert-OH is 1. The lowest BCUT2D eigenvalue weighted by molar-refractivity contribution is 0.0653. The summed E-state index contributed by atoms with van der Waals surface area (Å²) in [7, 11) is 0. The second-order valence-electron chi connectivity index (χ2n) is 4.71. The molecule has 5 heteroatoms. The second kappa shape index (κ2) is 5.47. The highest BCUT2D eigenvalue weighted by atomic mass is 79.9. The smallest absolute Gasteiger partial charge is 0.128 e. The molecular weight excluding hydrogens is 391 g/mol. The maximum absolute atomic E-state index is 13.3. The zero-order chi connectivity index (χ0) is 14.3. The van der Waals surface area contributed by atoms with Crippen LogP contribution < -0.4 is 4.74 Å². The molecule has 0 aliphatic carbocycles. The van der Waals surface area contributed by atoms with E-state index in [0.717, 1.165) is 14.5 Å². The van der Waals surface area contributed by atoms with Crippen LogP contribution in [-0.2, 0) is 0 Å². The summed E-state index contributed by atoms with van der Waals surface area (Å²) in [6.07, 6.45) is -0.484. The van der Waals surface area contributed by atoms with Gasteiger partial charge in [-0.25, -0.2) is 4.39 Å². The lowest BCUT2D eigenvalue weighted by Gasteiger charge is -2.30. The molecule has 0 saturated heterocycles. The van der Waals surface area contributed by atoms with Crippen LogP contribution in [0, 0.1) is 5.82 Å². The zero-order valence-electron chi connectivity index (χ0n) is 10.3. The van der Waals surface area contributed by atoms with Crippen molar-refractivity contribution in [3.05, 3.63) is 62.3 Å². The van der Waals surface area contributed by atoms with Crippen molar-refractivity contribution in [2.75, 3.05) is 0 Å². The van der Waals surface area contributed by atoms with Crippen LogP contribution in [0.25, 0.3) is 0 Å². The molecule has 2 nitrogen and oxygen atoms in total. The second-order valence-corrected chi connectivity index (χ2v) is 6.42. The van der Waals surface area contributed by atoms with Gasteiger partial charge in [0.05, 0.1) is 6.10 Å². The fourth-order valence-corrected chi connectivity index (χ4v) is 2.98. The van der Waals surface area contributed by atoms with E-state index in [2.05, 4.69) is 31.9 Å². The van der Waals surface area contributed by atoms with E-state index in [-0.39, 0.29) is 11.9 Å². The van der Waals surface area contributed by atoms with Gasteiger partial charge in [0.15, 0.2) is 0 Å². The van der Waals surface area contributed by atoms with Crippen LogP contribution in [0.2, 0.25) is 0 Å². The number of fused-ring (bicyclic) bond motifs is 1. The topological polar surface area (TPSA) is 29.5 Å². The highest BCUT2D eigenvalue weighted by molar-refractivity contribution is 9.13. The van der Waals surface area contributed by atoms with E-state index in [9.17, 15) is 9.50 Å². The van der Waals surface area contributed by atoms with Crippen LogP contribution in [0.3, 0.4) is 0 Å². The molecule has 2 atom stereocenters. The Hall–Kier alpha value is -0.910. The molecule has 1 aliphatic rings. The fourth-order valence-electron chi connectivity index (χ4n) is 2.33. The molecule has 2 aromatic carbocycles. The summed E-state index contributed by atoms with van der Waals surface area (Å²) in [5, 5.41) is 10.2. The van der Waals surface area contributed by atoms with Gasteiger partial charge in [-0.15, -0.1) is 0 Å². The van der Waals surface area contributed by atoms with Crippen LogP contribution >= 0.6 is 31.9 Å². The van der Waals surface area contributed by atoms with Gasteiger partial charge >= 0.3 is 0 Å². The molecule has 0 fully saturated rings. The summed E-state index contributed by atoms with van der Waals surface area (Å²) >= 11 is 6.86. The minimum Gasteiger partial charge on any atom is -0.485 e. The molecule has 1 aliphatic heterocycles. The third-order valence-corrected chi connectivity index (χ3v) is 5.24. The Kier molecular flexibility index (Phi) is 3.84. The van der Waals surface area contributed by atoms with E-state index in [1.807, 2.05) is 18.2 Å². The van der Waals surface area contributed by atoms with Crippen LogP contribution in [0.15, 0.2) is 45.3 Å². The lowest BCUT2D eigenvalue weighted by atomic mass is 9.95. The van der Waals surface area contributed by atoms with E-state index in [4.69, 9.17) is 4.74 Å². The predicted molar refractivity (Wildman–Crippen MR) is 81.2 cm³/mol. The molecule has 1 N–H and O–H groups in total. The van der Waals surface area contributed by atoms with E-state index in [1.165, 1.54) is 12.1 Å². The molecule has 20 heavy (non-hydrogen) atoms. The van der Waals surface area contributed by atoms with Crippen LogP contribution in [0.4, 0.5) is 4.39 Å². The third kappa shape index (κ3) is 2.62. The first-order chi connectivity index (χ1) is 9.54. The van der Waals surface area contributed by atoms with Gasteiger partial charge in [0.2, 0.25) is 0 Å². The number of hydrogen-bond donors (Lipinski definition) is 1. The van der Waals surface area contributed by atoms with E-state index >= 15 is 0 Å². The van der Waals surface area contributed by atoms with E-state index < -0.39 is 6.10 Å². The number of benzene rings is 2. The Bertz CT molecular complexity index is 660. The summed E-state index contributed by atoms with van der Waals surface area (Å²) < 4.78 is 21.0. The Balaban J connectivity index is 1.96. The molecule has 0 bridgehead atoms. The van der Waals surface area contributed by atoms with Crippen molar-refractivity contribution < 1.29 is 14.2 Å². The first-order valence-electron chi connectivity index (χ1n) is 6.13. The predicted octanol–water partition coefficient (Wildman–Crippen LogP) is 4.91. The van der Waals surface area contributed by atoms with Crippen molar-refractivity contribution in [2.45, 2.75) is 18.6 Å². The van der Waals surface area contributed by atoms with Crippen LogP contribution in [0.5, 0.6) is 5.75 Å². The van der Waals surface area contributed by atoms with Gasteiger partial charge < -0.3 is 9.84 Å². The molecule has 2 aromatic rings. The first-order valence-corrected chi connectivity index (χ1v) is 7.72. The van der Waals surface area contributed by atoms with Crippen molar-refractivity contribution in [3.8, 4) is 5.75 Å². The first kappa shape index (κ1) is 14.0. The van der Waals surface area contributed by atoms with Crippen LogP contribution in [-0.4, -0.2) is 5.11 Å². The molecule has 0 spiro atoms. The lowest BCUT2D eigenvalue weighted by Crippen LogP contribution is -2.19. The van der Waals surface area contributed by atoms with Crippen molar-refractivity contribution in [1.29, 1.82) is 0 Å². The molecule has 2 unspecified atom stereocenters. The Morgan fingerprint density at radius 3 is 2.65 bits per heavy atom. The Labute approximate surface area is 132 Å². The summed E-state index contributed by atoms with van der Waals surface area (Å²) in [6, 6.07) is 10.0. The zero-order valence-corrected chi connectivity index (χ0v) is 13.5. The largest absolute Gasteiger partial charge is 0.485 e. The number of hydrogen-bond acceptors (Lipinski definition) is 2. The van der Waals surface area contributed by atoms with Crippen molar-refractivity contribution in [3.63, 3.8) is 0 Å². The van der Waals surface area contributed by atoms with Gasteiger partial charge in [-0.1, -0.05) is 6.07 Å². The Morgan fingerprint density at radius 2 is 1.90 bits per heavy atom. The average Bonchev–Trinajstić information content (AvgIpc) is 2.41. The number of rotatable bonds is 1. The van der Waals surface area contributed by atoms with Crippen molar-refractivity contribution >= 4 is 31.9 Å². The maximum Gasteiger partial charge on any atom is 0.128 e. The van der Waals surface area contributed by atoms with Gasteiger partial charge in [-0.3, -0.25) is 0 Å². The quantitative estimate of drug-likeness (QED) is 0.735. The molecule has 3 rings (SSSR count). The van der Waals surface area contributed by atoms with Crippen molar-refractivity contribution in [2.24, 2.45) is 0 Å². The van der Waals surface area contributed by atoms with Gasteiger partial charge in [0, 0.05) is 27.0 Å². The molecule has 0 amide bonds. The molecule has 0 radical (unpaired) electrons. The highest BCUT2D eigenvalue weighted by Crippen LogP contribution is 2.41. The Morgan fingerprint density at radius 1 is 1.10 bits per heavy atom. The number of halogens is 3. The summed E-state index contributed by atoms with van der Waals surface area (Å²) in [5.41, 5.74) is 1.58. The van der Waals surface area contributed by atoms with Gasteiger partial charge in [-0.2, -0.15) is 0 Å². The molecule has 1 heterocycles. The maximum atomic E-state index is 13.3. The molecule has 0 aromatic heterocycles. The standard InChI is InChI=1S/C15H11Br2FO2/c16-11-4-1-8(5-12(11)17)14-7-13(19)10-3-2-9(18)6-15(10)20-14/h1-6,13-14,19H,7H2. The minimum atomic E-state index is -0.647. The van der Waals surface area contributed by atoms with E-state index in [0.29, 0.717) is 17.7 Å². The third-order valence-electron chi connectivity index (χ3n) is 3.36. The molecular formula is C15H11Br2FO2. The summed E-state index contributed by atoms with van der Waals surface area (Å²) in [5.74, 6) is 0.0429. The normalized spacial score (nSPS) is 21.2. The monoisotopic (exact) mass is 400 g/mol. The summed E-state index contributed by atoms with van der Waals surface area (Å²) in [6.45, 7) is 0. The SMILES string of the molecule is OC1CC(c2ccc(Br)c(Br)c2)Oc2cc(F)ccc21. The number of aliphatic hydroxyl groups is 1. The molecule has 104 valence electrons. The van der Waals surface area contributed by atoms with Crippen LogP contribution in [0.1, 0.15) is 29.8 Å². The molecule has 0 saturated carbocycles.